The van der Waals surface area contributed by atoms with Crippen LogP contribution < -0.4 is 4.74 Å². The first-order chi connectivity index (χ1) is 9.67. The largest absolute Gasteiger partial charge is 0.488 e. The second-order valence-corrected chi connectivity index (χ2v) is 5.91. The van der Waals surface area contributed by atoms with Crippen LogP contribution >= 0.6 is 11.3 Å². The molecule has 0 saturated carbocycles. The molecule has 4 nitrogen and oxygen atoms in total. The smallest absolute Gasteiger partial charge is 0.134 e. The van der Waals surface area contributed by atoms with E-state index in [1.54, 1.807) is 11.3 Å². The maximum atomic E-state index is 9.40. The number of aryl methyl sites for hydroxylation is 2. The Morgan fingerprint density at radius 1 is 1.35 bits per heavy atom. The summed E-state index contributed by atoms with van der Waals surface area (Å²) in [4.78, 5) is 5.29. The molecule has 0 spiro atoms. The van der Waals surface area contributed by atoms with Crippen molar-refractivity contribution in [3.05, 3.63) is 45.6 Å². The number of benzene rings is 1. The van der Waals surface area contributed by atoms with E-state index in [0.717, 1.165) is 37.9 Å². The van der Waals surface area contributed by atoms with Gasteiger partial charge in [0.05, 0.1) is 16.5 Å². The van der Waals surface area contributed by atoms with Gasteiger partial charge in [0.15, 0.2) is 0 Å². The first-order valence-corrected chi connectivity index (χ1v) is 7.16. The van der Waals surface area contributed by atoms with Crippen molar-refractivity contribution in [3.8, 4) is 5.75 Å². The van der Waals surface area contributed by atoms with Gasteiger partial charge in [0.2, 0.25) is 0 Å². The van der Waals surface area contributed by atoms with Crippen molar-refractivity contribution in [1.29, 1.82) is 0 Å². The minimum absolute atomic E-state index is 0.0314. The molecule has 0 aliphatic carbocycles. The number of furan rings is 1. The number of aliphatic hydroxyl groups is 1. The predicted molar refractivity (Wildman–Crippen MR) is 78.1 cm³/mol. The highest BCUT2D eigenvalue weighted by atomic mass is 32.1. The Labute approximate surface area is 120 Å². The maximum Gasteiger partial charge on any atom is 0.134 e. The Kier molecular flexibility index (Phi) is 3.46. The van der Waals surface area contributed by atoms with E-state index in [9.17, 15) is 5.11 Å². The highest BCUT2D eigenvalue weighted by Crippen LogP contribution is 2.29. The van der Waals surface area contributed by atoms with E-state index in [4.69, 9.17) is 9.15 Å². The Balaban J connectivity index is 1.85. The van der Waals surface area contributed by atoms with Gasteiger partial charge in [0.25, 0.3) is 0 Å². The van der Waals surface area contributed by atoms with E-state index >= 15 is 0 Å². The van der Waals surface area contributed by atoms with Crippen molar-refractivity contribution in [2.75, 3.05) is 0 Å². The van der Waals surface area contributed by atoms with Crippen molar-refractivity contribution in [3.63, 3.8) is 0 Å². The zero-order chi connectivity index (χ0) is 14.1. The van der Waals surface area contributed by atoms with Gasteiger partial charge in [0, 0.05) is 17.1 Å². The number of thiazole rings is 1. The fourth-order valence-corrected chi connectivity index (χ4v) is 2.87. The van der Waals surface area contributed by atoms with E-state index in [0.29, 0.717) is 6.61 Å². The van der Waals surface area contributed by atoms with Crippen molar-refractivity contribution in [1.82, 2.24) is 4.98 Å². The van der Waals surface area contributed by atoms with Crippen LogP contribution in [0.4, 0.5) is 0 Å². The molecular weight excluding hydrogens is 274 g/mol. The van der Waals surface area contributed by atoms with Crippen molar-refractivity contribution >= 4 is 22.3 Å². The first kappa shape index (κ1) is 13.1. The minimum atomic E-state index is -0.0314. The van der Waals surface area contributed by atoms with Gasteiger partial charge >= 0.3 is 0 Å². The molecule has 0 fully saturated rings. The van der Waals surface area contributed by atoms with Crippen LogP contribution in [0.25, 0.3) is 11.0 Å². The zero-order valence-electron chi connectivity index (χ0n) is 11.3. The van der Waals surface area contributed by atoms with Gasteiger partial charge in [-0.25, -0.2) is 4.98 Å². The molecule has 3 rings (SSSR count). The Morgan fingerprint density at radius 2 is 2.20 bits per heavy atom. The molecule has 20 heavy (non-hydrogen) atoms. The normalized spacial score (nSPS) is 11.2. The second-order valence-electron chi connectivity index (χ2n) is 4.59. The monoisotopic (exact) mass is 289 g/mol. The van der Waals surface area contributed by atoms with Gasteiger partial charge in [-0.3, -0.25) is 0 Å². The fourth-order valence-electron chi connectivity index (χ4n) is 2.16. The third kappa shape index (κ3) is 2.42. The number of aromatic nitrogens is 1. The topological polar surface area (TPSA) is 55.5 Å². The third-order valence-corrected chi connectivity index (χ3v) is 4.06. The summed E-state index contributed by atoms with van der Waals surface area (Å²) in [6.45, 7) is 4.30. The average molecular weight is 289 g/mol. The van der Waals surface area contributed by atoms with Gasteiger partial charge in [-0.05, 0) is 32.0 Å². The number of hydrogen-bond donors (Lipinski definition) is 1. The summed E-state index contributed by atoms with van der Waals surface area (Å²) in [6.07, 6.45) is 1.83. The second kappa shape index (κ2) is 5.26. The lowest BCUT2D eigenvalue weighted by atomic mass is 10.1. The quantitative estimate of drug-likeness (QED) is 0.797. The molecule has 2 aromatic heterocycles. The van der Waals surface area contributed by atoms with Gasteiger partial charge in [0.1, 0.15) is 23.7 Å². The Morgan fingerprint density at radius 3 is 2.90 bits per heavy atom. The van der Waals surface area contributed by atoms with Crippen LogP contribution in [0.3, 0.4) is 0 Å². The lowest BCUT2D eigenvalue weighted by Gasteiger charge is -2.04. The number of hydrogen-bond acceptors (Lipinski definition) is 5. The Bertz CT molecular complexity index is 745. The molecule has 0 aliphatic rings. The number of aliphatic hydroxyl groups excluding tert-OH is 1. The average Bonchev–Trinajstić information content (AvgIpc) is 2.98. The first-order valence-electron chi connectivity index (χ1n) is 6.34. The van der Waals surface area contributed by atoms with E-state index in [2.05, 4.69) is 4.98 Å². The van der Waals surface area contributed by atoms with Gasteiger partial charge < -0.3 is 14.3 Å². The number of ether oxygens (including phenoxy) is 1. The van der Waals surface area contributed by atoms with Crippen LogP contribution in [-0.4, -0.2) is 10.1 Å². The molecule has 1 aromatic carbocycles. The standard InChI is InChI=1S/C15H15NO3S/c1-9-14(7-17)13-5-11(3-4-15(13)19-9)18-8-12-6-16-10(2)20-12/h3-6,17H,7-8H2,1-2H3. The Hall–Kier alpha value is -1.85. The summed E-state index contributed by atoms with van der Waals surface area (Å²) in [7, 11) is 0. The van der Waals surface area contributed by atoms with E-state index in [-0.39, 0.29) is 6.61 Å². The molecule has 0 amide bonds. The number of fused-ring (bicyclic) bond motifs is 1. The SMILES string of the molecule is Cc1ncc(COc2ccc3oc(C)c(CO)c3c2)s1. The van der Waals surface area contributed by atoms with Crippen molar-refractivity contribution in [2.24, 2.45) is 0 Å². The molecule has 0 unspecified atom stereocenters. The number of nitrogens with zero attached hydrogens (tertiary/aromatic N) is 1. The molecule has 0 atom stereocenters. The van der Waals surface area contributed by atoms with E-state index in [1.165, 1.54) is 0 Å². The zero-order valence-corrected chi connectivity index (χ0v) is 12.2. The van der Waals surface area contributed by atoms with Crippen molar-refractivity contribution in [2.45, 2.75) is 27.1 Å². The summed E-state index contributed by atoms with van der Waals surface area (Å²) in [6, 6.07) is 5.65. The van der Waals surface area contributed by atoms with Gasteiger partial charge in [-0.2, -0.15) is 0 Å². The van der Waals surface area contributed by atoms with Crippen LogP contribution in [0.15, 0.2) is 28.8 Å². The molecule has 3 aromatic rings. The van der Waals surface area contributed by atoms with E-state index < -0.39 is 0 Å². The summed E-state index contributed by atoms with van der Waals surface area (Å²) in [5.74, 6) is 1.51. The summed E-state index contributed by atoms with van der Waals surface area (Å²) in [5, 5.41) is 11.3. The molecular formula is C15H15NO3S. The third-order valence-electron chi connectivity index (χ3n) is 3.17. The lowest BCUT2D eigenvalue weighted by molar-refractivity contribution is 0.280. The van der Waals surface area contributed by atoms with Crippen LogP contribution in [0.5, 0.6) is 5.75 Å². The van der Waals surface area contributed by atoms with E-state index in [1.807, 2.05) is 38.2 Å². The lowest BCUT2D eigenvalue weighted by Crippen LogP contribution is -1.92. The van der Waals surface area contributed by atoms with Crippen LogP contribution in [-0.2, 0) is 13.2 Å². The highest BCUT2D eigenvalue weighted by molar-refractivity contribution is 7.11. The van der Waals surface area contributed by atoms with Crippen molar-refractivity contribution < 1.29 is 14.3 Å². The molecule has 0 bridgehead atoms. The van der Waals surface area contributed by atoms with Gasteiger partial charge in [-0.15, -0.1) is 11.3 Å². The molecule has 1 N–H and O–H groups in total. The van der Waals surface area contributed by atoms with Crippen LogP contribution in [0.2, 0.25) is 0 Å². The minimum Gasteiger partial charge on any atom is -0.488 e. The molecule has 0 radical (unpaired) electrons. The summed E-state index contributed by atoms with van der Waals surface area (Å²) >= 11 is 1.63. The van der Waals surface area contributed by atoms with Crippen LogP contribution in [0.1, 0.15) is 21.2 Å². The van der Waals surface area contributed by atoms with Crippen LogP contribution in [0, 0.1) is 13.8 Å². The fraction of sp³-hybridized carbons (Fsp3) is 0.267. The summed E-state index contributed by atoms with van der Waals surface area (Å²) < 4.78 is 11.4. The number of rotatable bonds is 4. The summed E-state index contributed by atoms with van der Waals surface area (Å²) in [5.41, 5.74) is 1.59. The molecule has 104 valence electrons. The maximum absolute atomic E-state index is 9.40. The highest BCUT2D eigenvalue weighted by Gasteiger charge is 2.11. The molecule has 5 heteroatoms. The van der Waals surface area contributed by atoms with Gasteiger partial charge in [-0.1, -0.05) is 0 Å². The molecule has 0 aliphatic heterocycles. The molecule has 2 heterocycles. The molecule has 0 saturated heterocycles. The predicted octanol–water partition coefficient (Wildman–Crippen LogP) is 3.58.